The predicted molar refractivity (Wildman–Crippen MR) is 147 cm³/mol. The van der Waals surface area contributed by atoms with Crippen molar-refractivity contribution in [2.75, 3.05) is 91.5 Å². The average Bonchev–Trinajstić information content (AvgIpc) is 2.87. The molecule has 2 aliphatic rings. The number of quaternary nitrogens is 1. The first kappa shape index (κ1) is 28.2. The van der Waals surface area contributed by atoms with Gasteiger partial charge in [0, 0.05) is 55.5 Å². The number of likely N-dealkylation sites (N-methyl/N-ethyl adjacent to an activating group) is 1. The van der Waals surface area contributed by atoms with Crippen LogP contribution in [-0.2, 0) is 6.18 Å². The number of benzene rings is 2. The Morgan fingerprint density at radius 1 is 0.946 bits per heavy atom. The molecule has 2 aromatic rings. The Bertz CT molecular complexity index is 1020. The molecule has 9 heteroatoms. The van der Waals surface area contributed by atoms with Gasteiger partial charge in [-0.15, -0.1) is 0 Å². The predicted octanol–water partition coefficient (Wildman–Crippen LogP) is 5.00. The van der Waals surface area contributed by atoms with Gasteiger partial charge in [0.05, 0.1) is 43.1 Å². The fourth-order valence-corrected chi connectivity index (χ4v) is 6.49. The number of halogens is 3. The molecule has 5 nitrogen and oxygen atoms in total. The Labute approximate surface area is 224 Å². The van der Waals surface area contributed by atoms with Crippen molar-refractivity contribution in [3.05, 3.63) is 48.0 Å². The summed E-state index contributed by atoms with van der Waals surface area (Å²) in [6, 6.07) is 12.2. The van der Waals surface area contributed by atoms with Crippen molar-refractivity contribution in [3.8, 4) is 0 Å². The van der Waals surface area contributed by atoms with Crippen molar-refractivity contribution < 1.29 is 17.7 Å². The number of nitrogens with one attached hydrogen (secondary N) is 1. The molecule has 0 bridgehead atoms. The third-order valence-corrected chi connectivity index (χ3v) is 8.80. The topological polar surface area (TPSA) is 21.8 Å². The summed E-state index contributed by atoms with van der Waals surface area (Å²) in [5.74, 6) is 0. The Kier molecular flexibility index (Phi) is 9.45. The molecule has 1 N–H and O–H groups in total. The lowest BCUT2D eigenvalue weighted by atomic mass is 10.1. The van der Waals surface area contributed by atoms with Crippen LogP contribution in [0.3, 0.4) is 0 Å². The number of rotatable bonds is 11. The largest absolute Gasteiger partial charge is 0.416 e. The number of piperazine rings is 1. The lowest BCUT2D eigenvalue weighted by molar-refractivity contribution is -0.931. The third kappa shape index (κ3) is 7.20. The van der Waals surface area contributed by atoms with Crippen LogP contribution in [0.25, 0.3) is 0 Å². The summed E-state index contributed by atoms with van der Waals surface area (Å²) in [6.45, 7) is 10.7. The van der Waals surface area contributed by atoms with Crippen LogP contribution in [0.5, 0.6) is 0 Å². The quantitative estimate of drug-likeness (QED) is 0.321. The molecule has 0 amide bonds. The summed E-state index contributed by atoms with van der Waals surface area (Å²) in [5, 5.41) is 3.28. The summed E-state index contributed by atoms with van der Waals surface area (Å²) in [5.41, 5.74) is 1.08. The molecular weight excluding hydrogens is 495 g/mol. The van der Waals surface area contributed by atoms with Crippen molar-refractivity contribution in [1.29, 1.82) is 0 Å². The molecule has 0 unspecified atom stereocenters. The highest BCUT2D eigenvalue weighted by Gasteiger charge is 2.34. The van der Waals surface area contributed by atoms with Crippen LogP contribution in [0.4, 0.5) is 24.5 Å². The molecule has 0 aliphatic carbocycles. The van der Waals surface area contributed by atoms with Gasteiger partial charge in [-0.05, 0) is 57.9 Å². The molecular formula is C28H41F3N5S+. The lowest BCUT2D eigenvalue weighted by Gasteiger charge is -2.45. The molecule has 0 aromatic heterocycles. The van der Waals surface area contributed by atoms with Crippen LogP contribution in [0.15, 0.2) is 52.3 Å². The molecule has 0 atom stereocenters. The molecule has 0 saturated carbocycles. The summed E-state index contributed by atoms with van der Waals surface area (Å²) < 4.78 is 41.7. The van der Waals surface area contributed by atoms with Gasteiger partial charge < -0.3 is 19.6 Å². The molecule has 204 valence electrons. The van der Waals surface area contributed by atoms with Crippen molar-refractivity contribution in [1.82, 2.24) is 15.1 Å². The minimum Gasteiger partial charge on any atom is -0.340 e. The molecule has 4 rings (SSSR count). The zero-order chi connectivity index (χ0) is 26.5. The van der Waals surface area contributed by atoms with E-state index in [9.17, 15) is 13.2 Å². The highest BCUT2D eigenvalue weighted by atomic mass is 32.2. The average molecular weight is 537 g/mol. The Morgan fingerprint density at radius 3 is 2.38 bits per heavy atom. The van der Waals surface area contributed by atoms with E-state index in [0.717, 1.165) is 54.6 Å². The summed E-state index contributed by atoms with van der Waals surface area (Å²) in [7, 11) is 6.31. The van der Waals surface area contributed by atoms with Gasteiger partial charge in [0.2, 0.25) is 0 Å². The number of fused-ring (bicyclic) bond motifs is 2. The minimum atomic E-state index is -4.35. The van der Waals surface area contributed by atoms with Crippen molar-refractivity contribution in [2.45, 2.75) is 28.8 Å². The zero-order valence-electron chi connectivity index (χ0n) is 22.4. The molecule has 2 aromatic carbocycles. The summed E-state index contributed by atoms with van der Waals surface area (Å²) in [4.78, 5) is 8.89. The van der Waals surface area contributed by atoms with E-state index in [2.05, 4.69) is 40.2 Å². The Morgan fingerprint density at radius 2 is 1.68 bits per heavy atom. The number of nitrogens with zero attached hydrogens (tertiary/aromatic N) is 4. The number of hydrogen-bond acceptors (Lipinski definition) is 5. The summed E-state index contributed by atoms with van der Waals surface area (Å²) in [6.07, 6.45) is -2.25. The van der Waals surface area contributed by atoms with Gasteiger partial charge in [0.1, 0.15) is 0 Å². The maximum Gasteiger partial charge on any atom is 0.416 e. The Hall–Kier alpha value is -1.78. The second-order valence-corrected chi connectivity index (χ2v) is 11.7. The highest BCUT2D eigenvalue weighted by molar-refractivity contribution is 7.99. The van der Waals surface area contributed by atoms with Crippen molar-refractivity contribution in [3.63, 3.8) is 0 Å². The van der Waals surface area contributed by atoms with E-state index in [1.54, 1.807) is 17.8 Å². The molecule has 1 saturated heterocycles. The van der Waals surface area contributed by atoms with E-state index >= 15 is 0 Å². The second kappa shape index (κ2) is 12.4. The fraction of sp³-hybridized carbons (Fsp3) is 0.571. The first-order valence-corrected chi connectivity index (χ1v) is 14.1. The van der Waals surface area contributed by atoms with Crippen molar-refractivity contribution >= 4 is 23.1 Å². The SMILES string of the molecule is CNCCC[N+]1(CCN(C)C)CCN(CCCN2c3ccccc3Sc3ccc(C(F)(F)F)cc32)CC1. The minimum absolute atomic E-state index is 0.586. The molecule has 2 heterocycles. The van der Waals surface area contributed by atoms with Crippen LogP contribution >= 0.6 is 11.8 Å². The van der Waals surface area contributed by atoms with E-state index in [4.69, 9.17) is 0 Å². The fourth-order valence-electron chi connectivity index (χ4n) is 5.42. The van der Waals surface area contributed by atoms with Crippen LogP contribution in [-0.4, -0.2) is 101 Å². The molecule has 0 spiro atoms. The van der Waals surface area contributed by atoms with Gasteiger partial charge in [0.15, 0.2) is 0 Å². The highest BCUT2D eigenvalue weighted by Crippen LogP contribution is 2.49. The molecule has 1 fully saturated rings. The molecule has 2 aliphatic heterocycles. The maximum atomic E-state index is 13.5. The number of hydrogen-bond donors (Lipinski definition) is 1. The standard InChI is InChI=1S/C28H41F3N5S/c1-32-12-6-18-36(19-15-33(2)3)20-16-34(17-21-36)13-7-14-35-24-8-4-5-9-26(24)37-27-11-10-23(22-25(27)35)28(29,30)31/h4-5,8-11,22,32H,6-7,12-21H2,1-3H3/q+1. The van der Waals surface area contributed by atoms with Crippen LogP contribution in [0.1, 0.15) is 18.4 Å². The van der Waals surface area contributed by atoms with E-state index in [1.807, 2.05) is 25.2 Å². The van der Waals surface area contributed by atoms with E-state index in [-0.39, 0.29) is 0 Å². The van der Waals surface area contributed by atoms with Crippen LogP contribution in [0, 0.1) is 0 Å². The molecule has 37 heavy (non-hydrogen) atoms. The third-order valence-electron chi connectivity index (χ3n) is 7.67. The van der Waals surface area contributed by atoms with E-state index in [0.29, 0.717) is 12.2 Å². The van der Waals surface area contributed by atoms with Gasteiger partial charge in [-0.1, -0.05) is 23.9 Å². The van der Waals surface area contributed by atoms with E-state index in [1.165, 1.54) is 49.2 Å². The van der Waals surface area contributed by atoms with Crippen LogP contribution in [0.2, 0.25) is 0 Å². The smallest absolute Gasteiger partial charge is 0.340 e. The molecule has 0 radical (unpaired) electrons. The number of anilines is 2. The van der Waals surface area contributed by atoms with Crippen molar-refractivity contribution in [2.24, 2.45) is 0 Å². The first-order chi connectivity index (χ1) is 17.7. The lowest BCUT2D eigenvalue weighted by Crippen LogP contribution is -2.61. The first-order valence-electron chi connectivity index (χ1n) is 13.3. The van der Waals surface area contributed by atoms with Gasteiger partial charge in [-0.25, -0.2) is 0 Å². The summed E-state index contributed by atoms with van der Waals surface area (Å²) >= 11 is 1.55. The number of alkyl halides is 3. The monoisotopic (exact) mass is 536 g/mol. The maximum absolute atomic E-state index is 13.5. The number of para-hydroxylation sites is 1. The van der Waals surface area contributed by atoms with Crippen LogP contribution < -0.4 is 10.2 Å². The van der Waals surface area contributed by atoms with E-state index < -0.39 is 11.7 Å². The Balaban J connectivity index is 1.39. The van der Waals surface area contributed by atoms with Gasteiger partial charge in [0.25, 0.3) is 0 Å². The zero-order valence-corrected chi connectivity index (χ0v) is 23.2. The second-order valence-electron chi connectivity index (χ2n) is 10.6. The normalized spacial score (nSPS) is 17.6. The van der Waals surface area contributed by atoms with Gasteiger partial charge >= 0.3 is 6.18 Å². The van der Waals surface area contributed by atoms with Gasteiger partial charge in [-0.3, -0.25) is 4.90 Å². The van der Waals surface area contributed by atoms with Gasteiger partial charge in [-0.2, -0.15) is 13.2 Å².